The number of halogens is 2. The van der Waals surface area contributed by atoms with E-state index in [2.05, 4.69) is 24.4 Å². The van der Waals surface area contributed by atoms with Crippen LogP contribution in [0.4, 0.5) is 0 Å². The Labute approximate surface area is 131 Å². The molecule has 0 radical (unpaired) electrons. The summed E-state index contributed by atoms with van der Waals surface area (Å²) in [6, 6.07) is 6.62. The van der Waals surface area contributed by atoms with Gasteiger partial charge in [0.15, 0.2) is 0 Å². The van der Waals surface area contributed by atoms with E-state index in [4.69, 9.17) is 23.2 Å². The summed E-state index contributed by atoms with van der Waals surface area (Å²) in [5.41, 5.74) is 1.32. The number of fused-ring (bicyclic) bond motifs is 5. The molecule has 5 unspecified atom stereocenters. The zero-order valence-corrected chi connectivity index (χ0v) is 13.3. The summed E-state index contributed by atoms with van der Waals surface area (Å²) < 4.78 is 0. The standard InChI is InChI=1S/C17H21Cl2N/c1-2-20-17(11-5-6-12(18)13(19)8-11)16-14-9-3-4-10(7-9)15(14)16/h5-6,8-10,14-17,20H,2-4,7H2,1H3. The second-order valence-corrected chi connectivity index (χ2v) is 7.59. The molecule has 3 aliphatic rings. The third kappa shape index (κ3) is 1.94. The molecule has 0 aliphatic heterocycles. The predicted molar refractivity (Wildman–Crippen MR) is 84.2 cm³/mol. The van der Waals surface area contributed by atoms with Crippen molar-refractivity contribution in [3.63, 3.8) is 0 Å². The van der Waals surface area contributed by atoms with Crippen LogP contribution in [0.25, 0.3) is 0 Å². The minimum atomic E-state index is 0.466. The highest BCUT2D eigenvalue weighted by atomic mass is 35.5. The molecule has 0 heterocycles. The molecule has 108 valence electrons. The van der Waals surface area contributed by atoms with E-state index in [9.17, 15) is 0 Å². The number of nitrogens with one attached hydrogen (secondary N) is 1. The number of hydrogen-bond donors (Lipinski definition) is 1. The van der Waals surface area contributed by atoms with Crippen LogP contribution in [0, 0.1) is 29.6 Å². The van der Waals surface area contributed by atoms with Gasteiger partial charge in [-0.1, -0.05) is 36.2 Å². The Balaban J connectivity index is 1.61. The lowest BCUT2D eigenvalue weighted by atomic mass is 9.93. The van der Waals surface area contributed by atoms with Gasteiger partial charge in [-0.25, -0.2) is 0 Å². The Bertz CT molecular complexity index is 514. The molecule has 0 amide bonds. The lowest BCUT2D eigenvalue weighted by Crippen LogP contribution is -2.25. The molecule has 3 saturated carbocycles. The lowest BCUT2D eigenvalue weighted by Gasteiger charge is -2.22. The van der Waals surface area contributed by atoms with Gasteiger partial charge in [-0.05, 0) is 73.1 Å². The molecule has 4 rings (SSSR count). The van der Waals surface area contributed by atoms with Gasteiger partial charge in [-0.2, -0.15) is 0 Å². The lowest BCUT2D eigenvalue weighted by molar-refractivity contribution is 0.375. The Morgan fingerprint density at radius 2 is 1.85 bits per heavy atom. The minimum absolute atomic E-state index is 0.466. The summed E-state index contributed by atoms with van der Waals surface area (Å²) in [5, 5.41) is 5.04. The van der Waals surface area contributed by atoms with Gasteiger partial charge in [0.05, 0.1) is 10.0 Å². The van der Waals surface area contributed by atoms with E-state index in [1.807, 2.05) is 6.07 Å². The Hall–Kier alpha value is -0.240. The fourth-order valence-corrected chi connectivity index (χ4v) is 5.55. The monoisotopic (exact) mass is 309 g/mol. The fraction of sp³-hybridized carbons (Fsp3) is 0.647. The normalized spacial score (nSPS) is 38.9. The maximum Gasteiger partial charge on any atom is 0.0595 e. The van der Waals surface area contributed by atoms with Gasteiger partial charge in [0.1, 0.15) is 0 Å². The second-order valence-electron chi connectivity index (χ2n) is 6.77. The van der Waals surface area contributed by atoms with Gasteiger partial charge in [0.2, 0.25) is 0 Å². The Morgan fingerprint density at radius 3 is 2.45 bits per heavy atom. The van der Waals surface area contributed by atoms with Crippen molar-refractivity contribution in [3.8, 4) is 0 Å². The molecule has 3 aliphatic carbocycles. The first-order valence-corrected chi connectivity index (χ1v) is 8.64. The van der Waals surface area contributed by atoms with Gasteiger partial charge in [0.25, 0.3) is 0 Å². The van der Waals surface area contributed by atoms with Crippen LogP contribution in [0.15, 0.2) is 18.2 Å². The molecule has 1 aromatic rings. The van der Waals surface area contributed by atoms with Crippen LogP contribution in [0.5, 0.6) is 0 Å². The van der Waals surface area contributed by atoms with Crippen LogP contribution in [0.2, 0.25) is 10.0 Å². The van der Waals surface area contributed by atoms with E-state index >= 15 is 0 Å². The molecule has 0 saturated heterocycles. The van der Waals surface area contributed by atoms with Crippen molar-refractivity contribution in [2.24, 2.45) is 29.6 Å². The van der Waals surface area contributed by atoms with Crippen LogP contribution in [-0.2, 0) is 0 Å². The highest BCUT2D eigenvalue weighted by Crippen LogP contribution is 2.72. The summed E-state index contributed by atoms with van der Waals surface area (Å²) in [7, 11) is 0. The number of benzene rings is 1. The fourth-order valence-electron chi connectivity index (χ4n) is 5.24. The summed E-state index contributed by atoms with van der Waals surface area (Å²) in [6.07, 6.45) is 4.46. The van der Waals surface area contributed by atoms with Gasteiger partial charge >= 0.3 is 0 Å². The first-order chi connectivity index (χ1) is 9.70. The van der Waals surface area contributed by atoms with Crippen molar-refractivity contribution in [2.75, 3.05) is 6.54 Å². The van der Waals surface area contributed by atoms with Crippen molar-refractivity contribution in [2.45, 2.75) is 32.2 Å². The van der Waals surface area contributed by atoms with Crippen LogP contribution < -0.4 is 5.32 Å². The quantitative estimate of drug-likeness (QED) is 0.831. The molecule has 20 heavy (non-hydrogen) atoms. The summed E-state index contributed by atoms with van der Waals surface area (Å²) in [6.45, 7) is 3.20. The molecular formula is C17H21Cl2N. The average Bonchev–Trinajstić information content (AvgIpc) is 2.86. The van der Waals surface area contributed by atoms with E-state index in [0.717, 1.165) is 36.1 Å². The van der Waals surface area contributed by atoms with E-state index in [1.54, 1.807) is 0 Å². The second kappa shape index (κ2) is 4.90. The van der Waals surface area contributed by atoms with Gasteiger partial charge < -0.3 is 5.32 Å². The predicted octanol–water partition coefficient (Wildman–Crippen LogP) is 4.94. The van der Waals surface area contributed by atoms with Crippen LogP contribution in [0.1, 0.15) is 37.8 Å². The summed E-state index contributed by atoms with van der Waals surface area (Å²) in [5.74, 6) is 4.82. The van der Waals surface area contributed by atoms with Crippen molar-refractivity contribution in [1.29, 1.82) is 0 Å². The largest absolute Gasteiger partial charge is 0.310 e. The first kappa shape index (κ1) is 13.4. The molecular weight excluding hydrogens is 289 g/mol. The maximum atomic E-state index is 6.21. The van der Waals surface area contributed by atoms with E-state index in [-0.39, 0.29) is 0 Å². The zero-order valence-electron chi connectivity index (χ0n) is 11.8. The van der Waals surface area contributed by atoms with Crippen LogP contribution >= 0.6 is 23.2 Å². The van der Waals surface area contributed by atoms with Crippen molar-refractivity contribution >= 4 is 23.2 Å². The first-order valence-electron chi connectivity index (χ1n) is 7.89. The summed E-state index contributed by atoms with van der Waals surface area (Å²) in [4.78, 5) is 0. The minimum Gasteiger partial charge on any atom is -0.310 e. The van der Waals surface area contributed by atoms with Crippen LogP contribution in [0.3, 0.4) is 0 Å². The highest BCUT2D eigenvalue weighted by molar-refractivity contribution is 6.42. The Morgan fingerprint density at radius 1 is 1.15 bits per heavy atom. The van der Waals surface area contributed by atoms with E-state index < -0.39 is 0 Å². The van der Waals surface area contributed by atoms with Crippen molar-refractivity contribution in [1.82, 2.24) is 5.32 Å². The SMILES string of the molecule is CCNC(c1ccc(Cl)c(Cl)c1)C1C2C3CCC(C3)C21. The molecule has 1 nitrogen and oxygen atoms in total. The average molecular weight is 310 g/mol. The van der Waals surface area contributed by atoms with Gasteiger partial charge in [-0.3, -0.25) is 0 Å². The van der Waals surface area contributed by atoms with Crippen LogP contribution in [-0.4, -0.2) is 6.54 Å². The number of rotatable bonds is 4. The molecule has 5 atom stereocenters. The van der Waals surface area contributed by atoms with E-state index in [0.29, 0.717) is 16.1 Å². The molecule has 0 aromatic heterocycles. The van der Waals surface area contributed by atoms with E-state index in [1.165, 1.54) is 24.8 Å². The smallest absolute Gasteiger partial charge is 0.0595 e. The Kier molecular flexibility index (Phi) is 3.29. The summed E-state index contributed by atoms with van der Waals surface area (Å²) >= 11 is 12.3. The molecule has 3 heteroatoms. The topological polar surface area (TPSA) is 12.0 Å². The highest BCUT2D eigenvalue weighted by Gasteiger charge is 2.66. The maximum absolute atomic E-state index is 6.21. The molecule has 0 spiro atoms. The van der Waals surface area contributed by atoms with Crippen molar-refractivity contribution in [3.05, 3.63) is 33.8 Å². The molecule has 2 bridgehead atoms. The molecule has 3 fully saturated rings. The molecule has 1 aromatic carbocycles. The van der Waals surface area contributed by atoms with Gasteiger partial charge in [0, 0.05) is 6.04 Å². The molecule has 1 N–H and O–H groups in total. The third-order valence-electron chi connectivity index (χ3n) is 5.91. The van der Waals surface area contributed by atoms with Crippen molar-refractivity contribution < 1.29 is 0 Å². The zero-order chi connectivity index (χ0) is 13.9. The third-order valence-corrected chi connectivity index (χ3v) is 6.65. The van der Waals surface area contributed by atoms with Gasteiger partial charge in [-0.15, -0.1) is 0 Å². The number of hydrogen-bond acceptors (Lipinski definition) is 1.